The van der Waals surface area contributed by atoms with Gasteiger partial charge < -0.3 is 4.74 Å². The van der Waals surface area contributed by atoms with Crippen LogP contribution in [0.5, 0.6) is 0 Å². The summed E-state index contributed by atoms with van der Waals surface area (Å²) in [7, 11) is 0. The molecular formula is C32H54O2. The van der Waals surface area contributed by atoms with E-state index < -0.39 is 0 Å². The Morgan fingerprint density at radius 2 is 1.65 bits per heavy atom. The maximum atomic E-state index is 11.8. The molecule has 0 bridgehead atoms. The molecule has 0 spiro atoms. The Kier molecular flexibility index (Phi) is 6.92. The van der Waals surface area contributed by atoms with Gasteiger partial charge in [-0.3, -0.25) is 4.79 Å². The maximum absolute atomic E-state index is 11.8. The summed E-state index contributed by atoms with van der Waals surface area (Å²) in [6.07, 6.45) is 14.4. The van der Waals surface area contributed by atoms with Gasteiger partial charge in [-0.2, -0.15) is 0 Å². The van der Waals surface area contributed by atoms with Gasteiger partial charge in [0.2, 0.25) is 0 Å². The van der Waals surface area contributed by atoms with Gasteiger partial charge >= 0.3 is 5.97 Å². The van der Waals surface area contributed by atoms with Crippen molar-refractivity contribution < 1.29 is 9.53 Å². The van der Waals surface area contributed by atoms with Crippen molar-refractivity contribution in [3.8, 4) is 0 Å². The standard InChI is InChI=1S/C32H54O2/c1-10-21(2)11-12-22(3)24-15-19-32(9)26-13-14-27-29(5,6)28(34-23(4)33)17-18-30(27,7)25(26)16-20-31(24,32)8/h21-22,24,27-28H,10-20H2,1-9H3. The normalized spacial score (nSPS) is 42.9. The molecule has 4 rings (SSSR count). The van der Waals surface area contributed by atoms with E-state index in [1.807, 2.05) is 11.1 Å². The molecule has 0 aromatic heterocycles. The van der Waals surface area contributed by atoms with Crippen LogP contribution in [0.1, 0.15) is 133 Å². The summed E-state index contributed by atoms with van der Waals surface area (Å²) in [5, 5.41) is 0. The Balaban J connectivity index is 1.62. The van der Waals surface area contributed by atoms with Crippen molar-refractivity contribution in [2.24, 2.45) is 45.3 Å². The molecular weight excluding hydrogens is 416 g/mol. The lowest BCUT2D eigenvalue weighted by Gasteiger charge is -2.62. The zero-order valence-corrected chi connectivity index (χ0v) is 24.0. The van der Waals surface area contributed by atoms with Crippen molar-refractivity contribution in [3.05, 3.63) is 11.1 Å². The van der Waals surface area contributed by atoms with Crippen LogP contribution < -0.4 is 0 Å². The number of allylic oxidation sites excluding steroid dienone is 2. The second-order valence-corrected chi connectivity index (χ2v) is 14.4. The zero-order chi connectivity index (χ0) is 25.1. The molecule has 2 fully saturated rings. The van der Waals surface area contributed by atoms with Crippen molar-refractivity contribution in [1.29, 1.82) is 0 Å². The lowest BCUT2D eigenvalue weighted by Crippen LogP contribution is -2.55. The molecule has 194 valence electrons. The number of fused-ring (bicyclic) bond motifs is 4. The topological polar surface area (TPSA) is 26.3 Å². The summed E-state index contributed by atoms with van der Waals surface area (Å²) < 4.78 is 5.87. The summed E-state index contributed by atoms with van der Waals surface area (Å²) in [4.78, 5) is 11.8. The lowest BCUT2D eigenvalue weighted by atomic mass is 9.43. The Bertz CT molecular complexity index is 823. The molecule has 34 heavy (non-hydrogen) atoms. The summed E-state index contributed by atoms with van der Waals surface area (Å²) in [6, 6.07) is 0. The zero-order valence-electron chi connectivity index (χ0n) is 24.0. The number of hydrogen-bond donors (Lipinski definition) is 0. The fourth-order valence-electron chi connectivity index (χ4n) is 9.98. The van der Waals surface area contributed by atoms with Gasteiger partial charge in [-0.25, -0.2) is 0 Å². The smallest absolute Gasteiger partial charge is 0.302 e. The fourth-order valence-corrected chi connectivity index (χ4v) is 9.98. The Hall–Kier alpha value is -0.790. The first kappa shape index (κ1) is 26.3. The van der Waals surface area contributed by atoms with E-state index in [0.29, 0.717) is 16.7 Å². The van der Waals surface area contributed by atoms with E-state index >= 15 is 0 Å². The van der Waals surface area contributed by atoms with Crippen LogP contribution in [0.2, 0.25) is 0 Å². The van der Waals surface area contributed by atoms with Crippen molar-refractivity contribution >= 4 is 5.97 Å². The van der Waals surface area contributed by atoms with Gasteiger partial charge in [-0.05, 0) is 91.3 Å². The minimum atomic E-state index is -0.113. The van der Waals surface area contributed by atoms with E-state index in [-0.39, 0.29) is 22.9 Å². The number of carbonyl (C=O) groups is 1. The van der Waals surface area contributed by atoms with E-state index in [1.165, 1.54) is 64.2 Å². The van der Waals surface area contributed by atoms with E-state index in [1.54, 1.807) is 6.92 Å². The first-order valence-corrected chi connectivity index (χ1v) is 14.7. The second-order valence-electron chi connectivity index (χ2n) is 14.4. The lowest BCUT2D eigenvalue weighted by molar-refractivity contribution is -0.167. The van der Waals surface area contributed by atoms with E-state index in [2.05, 4.69) is 55.4 Å². The van der Waals surface area contributed by atoms with Crippen LogP contribution in [-0.2, 0) is 9.53 Å². The molecule has 4 aliphatic rings. The summed E-state index contributed by atoms with van der Waals surface area (Å²) in [5.74, 6) is 3.07. The molecule has 0 saturated heterocycles. The number of hydrogen-bond acceptors (Lipinski definition) is 2. The summed E-state index contributed by atoms with van der Waals surface area (Å²) in [5.41, 5.74) is 4.86. The van der Waals surface area contributed by atoms with Crippen LogP contribution in [0.25, 0.3) is 0 Å². The molecule has 0 aliphatic heterocycles. The van der Waals surface area contributed by atoms with Gasteiger partial charge in [-0.15, -0.1) is 0 Å². The molecule has 2 heteroatoms. The highest BCUT2D eigenvalue weighted by molar-refractivity contribution is 5.66. The third kappa shape index (κ3) is 3.83. The molecule has 0 amide bonds. The Morgan fingerprint density at radius 3 is 2.29 bits per heavy atom. The van der Waals surface area contributed by atoms with Gasteiger partial charge in [0, 0.05) is 12.3 Å². The SMILES string of the molecule is CCC(C)CCC(C)C1CCC2(C)C3=C(CCC12C)C1(C)CCC(OC(C)=O)C(C)(C)C1CC3. The predicted molar refractivity (Wildman–Crippen MR) is 142 cm³/mol. The van der Waals surface area contributed by atoms with Crippen LogP contribution in [0.4, 0.5) is 0 Å². The molecule has 4 aliphatic carbocycles. The van der Waals surface area contributed by atoms with Crippen LogP contribution in [-0.4, -0.2) is 12.1 Å². The largest absolute Gasteiger partial charge is 0.462 e. The monoisotopic (exact) mass is 470 g/mol. The second kappa shape index (κ2) is 8.95. The third-order valence-corrected chi connectivity index (χ3v) is 12.6. The minimum Gasteiger partial charge on any atom is -0.462 e. The van der Waals surface area contributed by atoms with E-state index in [9.17, 15) is 4.79 Å². The Labute approximate surface area is 211 Å². The average Bonchev–Trinajstić information content (AvgIpc) is 3.05. The minimum absolute atomic E-state index is 0.0432. The molecule has 0 radical (unpaired) electrons. The summed E-state index contributed by atoms with van der Waals surface area (Å²) >= 11 is 0. The molecule has 0 aromatic carbocycles. The maximum Gasteiger partial charge on any atom is 0.302 e. The van der Waals surface area contributed by atoms with Gasteiger partial charge in [0.05, 0.1) is 0 Å². The molecule has 0 N–H and O–H groups in total. The quantitative estimate of drug-likeness (QED) is 0.286. The first-order chi connectivity index (χ1) is 15.8. The molecule has 8 unspecified atom stereocenters. The van der Waals surface area contributed by atoms with E-state index in [0.717, 1.165) is 24.2 Å². The highest BCUT2D eigenvalue weighted by Gasteiger charge is 2.63. The van der Waals surface area contributed by atoms with Gasteiger partial charge in [-0.1, -0.05) is 85.8 Å². The van der Waals surface area contributed by atoms with Gasteiger partial charge in [0.25, 0.3) is 0 Å². The molecule has 2 saturated carbocycles. The highest BCUT2D eigenvalue weighted by atomic mass is 16.5. The highest BCUT2D eigenvalue weighted by Crippen LogP contribution is 2.72. The molecule has 8 atom stereocenters. The van der Waals surface area contributed by atoms with E-state index in [4.69, 9.17) is 4.74 Å². The van der Waals surface area contributed by atoms with Gasteiger partial charge in [0.15, 0.2) is 0 Å². The van der Waals surface area contributed by atoms with Crippen molar-refractivity contribution in [2.75, 3.05) is 0 Å². The third-order valence-electron chi connectivity index (χ3n) is 12.6. The molecule has 2 nitrogen and oxygen atoms in total. The average molecular weight is 471 g/mol. The van der Waals surface area contributed by atoms with Crippen molar-refractivity contribution in [1.82, 2.24) is 0 Å². The fraction of sp³-hybridized carbons (Fsp3) is 0.906. The molecule has 0 heterocycles. The van der Waals surface area contributed by atoms with Crippen LogP contribution >= 0.6 is 0 Å². The number of ether oxygens (including phenoxy) is 1. The van der Waals surface area contributed by atoms with Crippen LogP contribution in [0, 0.1) is 45.3 Å². The van der Waals surface area contributed by atoms with Crippen LogP contribution in [0.15, 0.2) is 11.1 Å². The number of carbonyl (C=O) groups excluding carboxylic acids is 1. The van der Waals surface area contributed by atoms with Crippen molar-refractivity contribution in [2.45, 2.75) is 139 Å². The van der Waals surface area contributed by atoms with Crippen LogP contribution in [0.3, 0.4) is 0 Å². The predicted octanol–water partition coefficient (Wildman–Crippen LogP) is 9.13. The number of rotatable bonds is 6. The number of esters is 1. The first-order valence-electron chi connectivity index (χ1n) is 14.7. The Morgan fingerprint density at radius 1 is 0.941 bits per heavy atom. The van der Waals surface area contributed by atoms with Gasteiger partial charge in [0.1, 0.15) is 6.10 Å². The van der Waals surface area contributed by atoms with Crippen molar-refractivity contribution in [3.63, 3.8) is 0 Å². The molecule has 0 aromatic rings. The summed E-state index contributed by atoms with van der Waals surface area (Å²) in [6.45, 7) is 21.6.